The third kappa shape index (κ3) is 1.89. The molecule has 13 heavy (non-hydrogen) atoms. The number of halogens is 1. The van der Waals surface area contributed by atoms with Crippen LogP contribution in [0.3, 0.4) is 0 Å². The molecule has 0 saturated carbocycles. The van der Waals surface area contributed by atoms with Crippen molar-refractivity contribution in [1.29, 1.82) is 0 Å². The molecular weight excluding hydrogens is 165 g/mol. The standard InChI is InChI=1S/C11H14FN/c1-4-5-9-6-7-10(12)8(2)11(9)13-3/h4-7,13H,1-3H3/b5-4-. The summed E-state index contributed by atoms with van der Waals surface area (Å²) in [7, 11) is 1.80. The van der Waals surface area contributed by atoms with Crippen LogP contribution in [-0.2, 0) is 0 Å². The van der Waals surface area contributed by atoms with E-state index in [1.807, 2.05) is 19.1 Å². The first-order valence-corrected chi connectivity index (χ1v) is 4.30. The van der Waals surface area contributed by atoms with E-state index in [1.54, 1.807) is 20.0 Å². The summed E-state index contributed by atoms with van der Waals surface area (Å²) in [5, 5.41) is 3.00. The van der Waals surface area contributed by atoms with Crippen molar-refractivity contribution in [3.8, 4) is 0 Å². The van der Waals surface area contributed by atoms with Gasteiger partial charge < -0.3 is 5.32 Å². The maximum Gasteiger partial charge on any atom is 0.128 e. The van der Waals surface area contributed by atoms with Crippen LogP contribution in [0.25, 0.3) is 6.08 Å². The lowest BCUT2D eigenvalue weighted by Crippen LogP contribution is -1.97. The van der Waals surface area contributed by atoms with E-state index in [-0.39, 0.29) is 5.82 Å². The largest absolute Gasteiger partial charge is 0.387 e. The molecular formula is C11H14FN. The van der Waals surface area contributed by atoms with Crippen LogP contribution in [0.2, 0.25) is 0 Å². The van der Waals surface area contributed by atoms with Crippen LogP contribution in [0.4, 0.5) is 10.1 Å². The first-order chi connectivity index (χ1) is 6.20. The Morgan fingerprint density at radius 1 is 1.38 bits per heavy atom. The minimum Gasteiger partial charge on any atom is -0.387 e. The number of benzene rings is 1. The summed E-state index contributed by atoms with van der Waals surface area (Å²) in [6.45, 7) is 3.71. The number of allylic oxidation sites excluding steroid dienone is 1. The van der Waals surface area contributed by atoms with Crippen molar-refractivity contribution in [3.05, 3.63) is 35.2 Å². The van der Waals surface area contributed by atoms with E-state index in [9.17, 15) is 4.39 Å². The molecule has 0 bridgehead atoms. The SMILES string of the molecule is C/C=C\c1ccc(F)c(C)c1NC. The van der Waals surface area contributed by atoms with Gasteiger partial charge in [0.15, 0.2) is 0 Å². The number of nitrogens with one attached hydrogen (secondary N) is 1. The maximum absolute atomic E-state index is 13.1. The predicted octanol–water partition coefficient (Wildman–Crippen LogP) is 3.21. The first kappa shape index (κ1) is 9.78. The molecule has 1 aromatic rings. The molecule has 0 fully saturated rings. The van der Waals surface area contributed by atoms with Crippen molar-refractivity contribution in [2.24, 2.45) is 0 Å². The van der Waals surface area contributed by atoms with Crippen molar-refractivity contribution in [2.75, 3.05) is 12.4 Å². The maximum atomic E-state index is 13.1. The summed E-state index contributed by atoms with van der Waals surface area (Å²) in [4.78, 5) is 0. The topological polar surface area (TPSA) is 12.0 Å². The summed E-state index contributed by atoms with van der Waals surface area (Å²) in [6.07, 6.45) is 3.89. The Hall–Kier alpha value is -1.31. The second-order valence-electron chi connectivity index (χ2n) is 2.89. The molecule has 70 valence electrons. The van der Waals surface area contributed by atoms with Gasteiger partial charge in [0.25, 0.3) is 0 Å². The second-order valence-corrected chi connectivity index (χ2v) is 2.89. The van der Waals surface area contributed by atoms with Gasteiger partial charge in [0, 0.05) is 18.3 Å². The molecule has 2 heteroatoms. The van der Waals surface area contributed by atoms with Crippen molar-refractivity contribution >= 4 is 11.8 Å². The number of hydrogen-bond donors (Lipinski definition) is 1. The van der Waals surface area contributed by atoms with E-state index < -0.39 is 0 Å². The molecule has 1 N–H and O–H groups in total. The summed E-state index contributed by atoms with van der Waals surface area (Å²) < 4.78 is 13.1. The van der Waals surface area contributed by atoms with Crippen LogP contribution >= 0.6 is 0 Å². The van der Waals surface area contributed by atoms with E-state index >= 15 is 0 Å². The van der Waals surface area contributed by atoms with Gasteiger partial charge in [-0.05, 0) is 31.5 Å². The lowest BCUT2D eigenvalue weighted by molar-refractivity contribution is 0.619. The molecule has 0 radical (unpaired) electrons. The third-order valence-corrected chi connectivity index (χ3v) is 2.03. The quantitative estimate of drug-likeness (QED) is 0.735. The first-order valence-electron chi connectivity index (χ1n) is 4.30. The minimum atomic E-state index is -0.169. The summed E-state index contributed by atoms with van der Waals surface area (Å²) in [5.41, 5.74) is 2.54. The monoisotopic (exact) mass is 179 g/mol. The molecule has 1 rings (SSSR count). The lowest BCUT2D eigenvalue weighted by Gasteiger charge is -2.09. The smallest absolute Gasteiger partial charge is 0.128 e. The van der Waals surface area contributed by atoms with Crippen molar-refractivity contribution in [2.45, 2.75) is 13.8 Å². The Morgan fingerprint density at radius 3 is 2.62 bits per heavy atom. The molecule has 0 atom stereocenters. The van der Waals surface area contributed by atoms with Crippen LogP contribution in [0.15, 0.2) is 18.2 Å². The van der Waals surface area contributed by atoms with Gasteiger partial charge in [0.1, 0.15) is 5.82 Å². The van der Waals surface area contributed by atoms with Crippen molar-refractivity contribution in [1.82, 2.24) is 0 Å². The fraction of sp³-hybridized carbons (Fsp3) is 0.273. The van der Waals surface area contributed by atoms with Crippen LogP contribution in [0, 0.1) is 12.7 Å². The highest BCUT2D eigenvalue weighted by atomic mass is 19.1. The molecule has 0 spiro atoms. The van der Waals surface area contributed by atoms with Gasteiger partial charge in [0.05, 0.1) is 0 Å². The average Bonchev–Trinajstić information content (AvgIpc) is 2.12. The number of rotatable bonds is 2. The van der Waals surface area contributed by atoms with E-state index in [0.29, 0.717) is 5.56 Å². The zero-order valence-corrected chi connectivity index (χ0v) is 8.19. The molecule has 0 aliphatic heterocycles. The highest BCUT2D eigenvalue weighted by molar-refractivity contribution is 5.69. The van der Waals surface area contributed by atoms with Gasteiger partial charge in [-0.25, -0.2) is 4.39 Å². The van der Waals surface area contributed by atoms with Crippen molar-refractivity contribution < 1.29 is 4.39 Å². The molecule has 0 unspecified atom stereocenters. The van der Waals surface area contributed by atoms with Gasteiger partial charge in [-0.2, -0.15) is 0 Å². The summed E-state index contributed by atoms with van der Waals surface area (Å²) >= 11 is 0. The zero-order chi connectivity index (χ0) is 9.84. The molecule has 1 aromatic carbocycles. The van der Waals surface area contributed by atoms with Gasteiger partial charge in [-0.15, -0.1) is 0 Å². The fourth-order valence-electron chi connectivity index (χ4n) is 1.36. The van der Waals surface area contributed by atoms with Gasteiger partial charge in [-0.3, -0.25) is 0 Å². The van der Waals surface area contributed by atoms with Gasteiger partial charge in [0.2, 0.25) is 0 Å². The molecule has 0 saturated heterocycles. The van der Waals surface area contributed by atoms with Crippen LogP contribution < -0.4 is 5.32 Å². The second kappa shape index (κ2) is 4.08. The molecule has 1 nitrogen and oxygen atoms in total. The Morgan fingerprint density at radius 2 is 2.08 bits per heavy atom. The third-order valence-electron chi connectivity index (χ3n) is 2.03. The molecule has 0 aromatic heterocycles. The Bertz CT molecular complexity index is 329. The highest BCUT2D eigenvalue weighted by Gasteiger charge is 2.05. The Balaban J connectivity index is 3.29. The predicted molar refractivity (Wildman–Crippen MR) is 55.4 cm³/mol. The zero-order valence-electron chi connectivity index (χ0n) is 8.19. The van der Waals surface area contributed by atoms with Gasteiger partial charge in [-0.1, -0.05) is 12.2 Å². The summed E-state index contributed by atoms with van der Waals surface area (Å²) in [6, 6.07) is 3.26. The van der Waals surface area contributed by atoms with Crippen LogP contribution in [-0.4, -0.2) is 7.05 Å². The average molecular weight is 179 g/mol. The highest BCUT2D eigenvalue weighted by Crippen LogP contribution is 2.23. The fourth-order valence-corrected chi connectivity index (χ4v) is 1.36. The molecule has 0 heterocycles. The lowest BCUT2D eigenvalue weighted by atomic mass is 10.1. The molecule has 0 aliphatic carbocycles. The van der Waals surface area contributed by atoms with Crippen molar-refractivity contribution in [3.63, 3.8) is 0 Å². The molecule has 0 amide bonds. The van der Waals surface area contributed by atoms with E-state index in [2.05, 4.69) is 5.32 Å². The minimum absolute atomic E-state index is 0.169. The van der Waals surface area contributed by atoms with Gasteiger partial charge >= 0.3 is 0 Å². The normalized spacial score (nSPS) is 10.8. The van der Waals surface area contributed by atoms with E-state index in [4.69, 9.17) is 0 Å². The van der Waals surface area contributed by atoms with Crippen LogP contribution in [0.1, 0.15) is 18.1 Å². The number of anilines is 1. The van der Waals surface area contributed by atoms with E-state index in [1.165, 1.54) is 6.07 Å². The Labute approximate surface area is 78.3 Å². The Kier molecular flexibility index (Phi) is 3.07. The summed E-state index contributed by atoms with van der Waals surface area (Å²) in [5.74, 6) is -0.169. The van der Waals surface area contributed by atoms with E-state index in [0.717, 1.165) is 11.3 Å². The number of hydrogen-bond acceptors (Lipinski definition) is 1. The molecule has 0 aliphatic rings. The van der Waals surface area contributed by atoms with Crippen LogP contribution in [0.5, 0.6) is 0 Å².